The normalized spacial score (nSPS) is 15.7. The molecule has 9 nitrogen and oxygen atoms in total. The van der Waals surface area contributed by atoms with Crippen molar-refractivity contribution in [3.63, 3.8) is 0 Å². The summed E-state index contributed by atoms with van der Waals surface area (Å²) < 4.78 is 11.6. The summed E-state index contributed by atoms with van der Waals surface area (Å²) in [4.78, 5) is 52.7. The van der Waals surface area contributed by atoms with Crippen LogP contribution in [-0.4, -0.2) is 47.8 Å². The van der Waals surface area contributed by atoms with Gasteiger partial charge in [-0.3, -0.25) is 24.1 Å². The predicted octanol–water partition coefficient (Wildman–Crippen LogP) is 6.07. The number of hydrogen-bond acceptors (Lipinski definition) is 6. The van der Waals surface area contributed by atoms with Crippen LogP contribution in [0.15, 0.2) is 91.0 Å². The highest BCUT2D eigenvalue weighted by atomic mass is 16.5. The van der Waals surface area contributed by atoms with Crippen molar-refractivity contribution >= 4 is 35.0 Å². The number of ether oxygens (including phenoxy) is 2. The first kappa shape index (κ1) is 27.9. The van der Waals surface area contributed by atoms with E-state index in [0.717, 1.165) is 18.4 Å². The van der Waals surface area contributed by atoms with Gasteiger partial charge in [0.1, 0.15) is 11.5 Å². The molecule has 1 unspecified atom stereocenters. The summed E-state index contributed by atoms with van der Waals surface area (Å²) in [6, 6.07) is 25.6. The Labute approximate surface area is 248 Å². The number of carbonyl (C=O) groups is 4. The molecule has 2 heterocycles. The number of carbonyl (C=O) groups excluding carboxylic acids is 4. The second kappa shape index (κ2) is 11.9. The van der Waals surface area contributed by atoms with E-state index in [4.69, 9.17) is 9.47 Å². The van der Waals surface area contributed by atoms with Gasteiger partial charge in [-0.1, -0.05) is 29.8 Å². The van der Waals surface area contributed by atoms with Crippen LogP contribution in [0, 0.1) is 6.92 Å². The smallest absolute Gasteiger partial charge is 0.261 e. The summed E-state index contributed by atoms with van der Waals surface area (Å²) in [6.45, 7) is 2.80. The van der Waals surface area contributed by atoms with E-state index in [9.17, 15) is 19.2 Å². The molecule has 0 radical (unpaired) electrons. The molecule has 0 saturated carbocycles. The van der Waals surface area contributed by atoms with Crippen molar-refractivity contribution in [2.75, 3.05) is 23.8 Å². The van der Waals surface area contributed by atoms with Crippen LogP contribution in [0.5, 0.6) is 11.5 Å². The summed E-state index contributed by atoms with van der Waals surface area (Å²) in [5.41, 5.74) is 3.49. The third-order valence-corrected chi connectivity index (χ3v) is 7.34. The van der Waals surface area contributed by atoms with Gasteiger partial charge in [0.15, 0.2) is 0 Å². The number of nitrogens with one attached hydrogen (secondary N) is 2. The van der Waals surface area contributed by atoms with Gasteiger partial charge in [0.25, 0.3) is 23.6 Å². The van der Waals surface area contributed by atoms with Crippen molar-refractivity contribution < 1.29 is 28.7 Å². The van der Waals surface area contributed by atoms with Gasteiger partial charge in [-0.15, -0.1) is 0 Å². The molecule has 216 valence electrons. The topological polar surface area (TPSA) is 114 Å². The Morgan fingerprint density at radius 3 is 2.16 bits per heavy atom. The molecule has 2 aliphatic rings. The average molecular weight is 576 g/mol. The molecule has 0 bridgehead atoms. The Morgan fingerprint density at radius 2 is 1.44 bits per heavy atom. The number of fused-ring (bicyclic) bond motifs is 1. The van der Waals surface area contributed by atoms with E-state index < -0.39 is 0 Å². The SMILES string of the molecule is Cc1cccc(C(=O)Nc2cccc(C(=O)Nc3cccc(Oc4ccc5c(c4)C(=O)N(CC4CCCO4)C5=O)c3)c2)c1. The number of amides is 4. The van der Waals surface area contributed by atoms with Gasteiger partial charge in [-0.2, -0.15) is 0 Å². The van der Waals surface area contributed by atoms with E-state index in [1.165, 1.54) is 4.90 Å². The first-order valence-electron chi connectivity index (χ1n) is 14.0. The van der Waals surface area contributed by atoms with E-state index >= 15 is 0 Å². The minimum atomic E-state index is -0.364. The second-order valence-corrected chi connectivity index (χ2v) is 10.6. The molecule has 1 saturated heterocycles. The van der Waals surface area contributed by atoms with Gasteiger partial charge in [-0.25, -0.2) is 0 Å². The molecule has 1 atom stereocenters. The van der Waals surface area contributed by atoms with Crippen LogP contribution in [0.1, 0.15) is 59.8 Å². The van der Waals surface area contributed by atoms with Crippen molar-refractivity contribution in [3.8, 4) is 11.5 Å². The Morgan fingerprint density at radius 1 is 0.791 bits per heavy atom. The van der Waals surface area contributed by atoms with Gasteiger partial charge in [0.2, 0.25) is 0 Å². The molecular formula is C34H29N3O6. The first-order valence-corrected chi connectivity index (χ1v) is 14.0. The zero-order chi connectivity index (χ0) is 29.9. The van der Waals surface area contributed by atoms with Gasteiger partial charge < -0.3 is 20.1 Å². The maximum atomic E-state index is 13.0. The molecule has 0 aliphatic carbocycles. The van der Waals surface area contributed by atoms with Crippen LogP contribution in [0.25, 0.3) is 0 Å². The lowest BCUT2D eigenvalue weighted by Crippen LogP contribution is -2.36. The van der Waals surface area contributed by atoms with E-state index in [2.05, 4.69) is 10.6 Å². The van der Waals surface area contributed by atoms with Crippen LogP contribution < -0.4 is 15.4 Å². The third-order valence-electron chi connectivity index (χ3n) is 7.34. The first-order chi connectivity index (χ1) is 20.8. The molecule has 4 aromatic rings. The number of aryl methyl sites for hydroxylation is 1. The van der Waals surface area contributed by atoms with Crippen molar-refractivity contribution in [3.05, 3.63) is 119 Å². The largest absolute Gasteiger partial charge is 0.457 e. The standard InChI is InChI=1S/C34H29N3O6/c1-21-6-2-7-22(16-21)31(38)35-24-9-3-8-23(17-24)32(39)36-25-10-4-11-26(18-25)43-27-13-14-29-30(19-27)34(41)37(33(29)40)20-28-12-5-15-42-28/h2-4,6-11,13-14,16-19,28H,5,12,15,20H2,1H3,(H,35,38)(H,36,39). The Bertz CT molecular complexity index is 1740. The third kappa shape index (κ3) is 6.17. The van der Waals surface area contributed by atoms with Crippen LogP contribution in [0.3, 0.4) is 0 Å². The van der Waals surface area contributed by atoms with Crippen LogP contribution in [0.4, 0.5) is 11.4 Å². The maximum absolute atomic E-state index is 13.0. The molecule has 9 heteroatoms. The summed E-state index contributed by atoms with van der Waals surface area (Å²) in [5.74, 6) is -0.495. The van der Waals surface area contributed by atoms with Crippen molar-refractivity contribution in [2.24, 2.45) is 0 Å². The number of hydrogen-bond donors (Lipinski definition) is 2. The molecule has 4 aromatic carbocycles. The van der Waals surface area contributed by atoms with E-state index in [0.29, 0.717) is 51.7 Å². The Kier molecular flexibility index (Phi) is 7.72. The second-order valence-electron chi connectivity index (χ2n) is 10.6. The molecule has 6 rings (SSSR count). The monoisotopic (exact) mass is 575 g/mol. The molecule has 1 fully saturated rings. The van der Waals surface area contributed by atoms with Crippen LogP contribution >= 0.6 is 0 Å². The van der Waals surface area contributed by atoms with Gasteiger partial charge in [0.05, 0.1) is 23.8 Å². The fourth-order valence-corrected chi connectivity index (χ4v) is 5.20. The molecule has 43 heavy (non-hydrogen) atoms. The number of benzene rings is 4. The zero-order valence-electron chi connectivity index (χ0n) is 23.5. The summed E-state index contributed by atoms with van der Waals surface area (Å²) in [6.07, 6.45) is 1.62. The van der Waals surface area contributed by atoms with Crippen LogP contribution in [0.2, 0.25) is 0 Å². The predicted molar refractivity (Wildman–Crippen MR) is 161 cm³/mol. The Balaban J connectivity index is 1.11. The molecular weight excluding hydrogens is 546 g/mol. The highest BCUT2D eigenvalue weighted by molar-refractivity contribution is 6.21. The van der Waals surface area contributed by atoms with Crippen molar-refractivity contribution in [1.29, 1.82) is 0 Å². The van der Waals surface area contributed by atoms with E-state index in [-0.39, 0.29) is 36.3 Å². The van der Waals surface area contributed by atoms with Gasteiger partial charge >= 0.3 is 0 Å². The Hall–Kier alpha value is -5.28. The lowest BCUT2D eigenvalue weighted by Gasteiger charge is -2.17. The lowest BCUT2D eigenvalue weighted by molar-refractivity contribution is 0.0475. The zero-order valence-corrected chi connectivity index (χ0v) is 23.5. The maximum Gasteiger partial charge on any atom is 0.261 e. The molecule has 2 aliphatic heterocycles. The van der Waals surface area contributed by atoms with E-state index in [1.807, 2.05) is 19.1 Å². The van der Waals surface area contributed by atoms with Gasteiger partial charge in [0, 0.05) is 35.2 Å². The van der Waals surface area contributed by atoms with Gasteiger partial charge in [-0.05, 0) is 80.4 Å². The minimum Gasteiger partial charge on any atom is -0.457 e. The number of nitrogens with zero attached hydrogens (tertiary/aromatic N) is 1. The fourth-order valence-electron chi connectivity index (χ4n) is 5.20. The number of anilines is 2. The summed E-state index contributed by atoms with van der Waals surface area (Å²) >= 11 is 0. The van der Waals surface area contributed by atoms with Crippen molar-refractivity contribution in [1.82, 2.24) is 4.90 Å². The summed E-state index contributed by atoms with van der Waals surface area (Å²) in [5, 5.41) is 5.68. The fraction of sp³-hybridized carbons (Fsp3) is 0.176. The highest BCUT2D eigenvalue weighted by Gasteiger charge is 2.37. The molecule has 0 aromatic heterocycles. The number of rotatable bonds is 8. The molecule has 2 N–H and O–H groups in total. The molecule has 4 amide bonds. The van der Waals surface area contributed by atoms with E-state index in [1.54, 1.807) is 78.9 Å². The quantitative estimate of drug-likeness (QED) is 0.247. The summed E-state index contributed by atoms with van der Waals surface area (Å²) in [7, 11) is 0. The average Bonchev–Trinajstić information content (AvgIpc) is 3.60. The van der Waals surface area contributed by atoms with Crippen molar-refractivity contribution in [2.45, 2.75) is 25.9 Å². The lowest BCUT2D eigenvalue weighted by atomic mass is 10.1. The number of imide groups is 1. The molecule has 0 spiro atoms. The highest BCUT2D eigenvalue weighted by Crippen LogP contribution is 2.31. The minimum absolute atomic E-state index is 0.129. The van der Waals surface area contributed by atoms with Crippen LogP contribution in [-0.2, 0) is 4.74 Å².